The van der Waals surface area contributed by atoms with Crippen molar-refractivity contribution < 1.29 is 9.90 Å². The zero-order chi connectivity index (χ0) is 10.7. The van der Waals surface area contributed by atoms with E-state index in [2.05, 4.69) is 9.97 Å². The Morgan fingerprint density at radius 2 is 2.00 bits per heavy atom. The number of nitrogen functional groups attached to an aromatic ring is 2. The topological polar surface area (TPSA) is 118 Å². The lowest BCUT2D eigenvalue weighted by atomic mass is 10.5. The van der Waals surface area contributed by atoms with Crippen LogP contribution < -0.4 is 16.6 Å². The molecule has 0 radical (unpaired) electrons. The highest BCUT2D eigenvalue weighted by atomic mass is 32.2. The Morgan fingerprint density at radius 3 is 2.43 bits per heavy atom. The lowest BCUT2D eigenvalue weighted by molar-refractivity contribution is -0.304. The minimum Gasteiger partial charge on any atom is -0.549 e. The van der Waals surface area contributed by atoms with Crippen molar-refractivity contribution in [1.29, 1.82) is 0 Å². The van der Waals surface area contributed by atoms with Crippen LogP contribution in [0, 0.1) is 0 Å². The Hall–Kier alpha value is -1.50. The summed E-state index contributed by atoms with van der Waals surface area (Å²) in [7, 11) is 0. The molecule has 0 saturated heterocycles. The molecule has 0 aliphatic rings. The fraction of sp³-hybridized carbons (Fsp3) is 0.286. The first kappa shape index (κ1) is 10.6. The molecule has 14 heavy (non-hydrogen) atoms. The maximum atomic E-state index is 10.4. The Labute approximate surface area is 84.7 Å². The number of aromatic nitrogens is 2. The Bertz CT molecular complexity index is 337. The van der Waals surface area contributed by atoms with E-state index >= 15 is 0 Å². The molecule has 0 unspecified atom stereocenters. The fourth-order valence-corrected chi connectivity index (χ4v) is 1.45. The summed E-state index contributed by atoms with van der Waals surface area (Å²) in [5.74, 6) is -0.754. The van der Waals surface area contributed by atoms with Crippen LogP contribution >= 0.6 is 11.8 Å². The second kappa shape index (κ2) is 4.14. The van der Waals surface area contributed by atoms with Crippen LogP contribution in [0.3, 0.4) is 0 Å². The number of anilines is 2. The quantitative estimate of drug-likeness (QED) is 0.481. The summed E-state index contributed by atoms with van der Waals surface area (Å²) < 4.78 is 0. The van der Waals surface area contributed by atoms with Gasteiger partial charge in [-0.2, -0.15) is 0 Å². The average Bonchev–Trinajstić information content (AvgIpc) is 2.01. The summed E-state index contributed by atoms with van der Waals surface area (Å²) in [5.41, 5.74) is 10.8. The molecule has 0 aliphatic carbocycles. The van der Waals surface area contributed by atoms with Gasteiger partial charge < -0.3 is 21.4 Å². The van der Waals surface area contributed by atoms with Crippen LogP contribution in [0.25, 0.3) is 0 Å². The van der Waals surface area contributed by atoms with Crippen molar-refractivity contribution in [3.63, 3.8) is 0 Å². The number of thioether (sulfide) groups is 1. The highest BCUT2D eigenvalue weighted by Crippen LogP contribution is 2.20. The average molecular weight is 213 g/mol. The van der Waals surface area contributed by atoms with Crippen molar-refractivity contribution in [3.05, 3.63) is 6.07 Å². The third-order valence-corrected chi connectivity index (χ3v) is 2.30. The van der Waals surface area contributed by atoms with Gasteiger partial charge in [-0.05, 0) is 6.92 Å². The summed E-state index contributed by atoms with van der Waals surface area (Å²) in [5, 5.41) is 9.92. The molecule has 1 atom stereocenters. The van der Waals surface area contributed by atoms with Gasteiger partial charge in [0.1, 0.15) is 11.6 Å². The molecule has 7 heteroatoms. The van der Waals surface area contributed by atoms with E-state index < -0.39 is 11.2 Å². The van der Waals surface area contributed by atoms with E-state index in [-0.39, 0.29) is 16.8 Å². The molecule has 0 fully saturated rings. The first-order chi connectivity index (χ1) is 6.49. The second-order valence-electron chi connectivity index (χ2n) is 2.58. The van der Waals surface area contributed by atoms with E-state index in [4.69, 9.17) is 11.5 Å². The smallest absolute Gasteiger partial charge is 0.192 e. The van der Waals surface area contributed by atoms with Gasteiger partial charge in [0, 0.05) is 11.3 Å². The summed E-state index contributed by atoms with van der Waals surface area (Å²) in [6.45, 7) is 1.47. The first-order valence-electron chi connectivity index (χ1n) is 3.76. The number of nitrogens with two attached hydrogens (primary N) is 2. The lowest BCUT2D eigenvalue weighted by Gasteiger charge is -2.10. The van der Waals surface area contributed by atoms with Crippen LogP contribution in [-0.4, -0.2) is 21.2 Å². The van der Waals surface area contributed by atoms with Crippen molar-refractivity contribution in [2.75, 3.05) is 11.5 Å². The minimum absolute atomic E-state index is 0.213. The molecule has 1 heterocycles. The van der Waals surface area contributed by atoms with Gasteiger partial charge >= 0.3 is 0 Å². The van der Waals surface area contributed by atoms with Crippen molar-refractivity contribution in [1.82, 2.24) is 9.97 Å². The summed E-state index contributed by atoms with van der Waals surface area (Å²) in [6, 6.07) is 1.40. The predicted octanol–water partition coefficient (Wildman–Crippen LogP) is -1.13. The molecule has 0 bridgehead atoms. The van der Waals surface area contributed by atoms with Crippen LogP contribution in [0.2, 0.25) is 0 Å². The predicted molar refractivity (Wildman–Crippen MR) is 51.2 cm³/mol. The molecule has 76 valence electrons. The SMILES string of the molecule is C[C@@H](Sc1nc(N)cc(N)n1)C(=O)[O-]. The van der Waals surface area contributed by atoms with E-state index in [9.17, 15) is 9.90 Å². The first-order valence-corrected chi connectivity index (χ1v) is 4.64. The maximum Gasteiger partial charge on any atom is 0.192 e. The summed E-state index contributed by atoms with van der Waals surface area (Å²) >= 11 is 0.936. The van der Waals surface area contributed by atoms with Gasteiger partial charge in [0.15, 0.2) is 5.16 Å². The van der Waals surface area contributed by atoms with E-state index in [1.807, 2.05) is 0 Å². The Kier molecular flexibility index (Phi) is 3.13. The van der Waals surface area contributed by atoms with E-state index in [1.165, 1.54) is 13.0 Å². The highest BCUT2D eigenvalue weighted by molar-refractivity contribution is 8.00. The molecule has 1 aromatic heterocycles. The molecule has 0 aliphatic heterocycles. The normalized spacial score (nSPS) is 12.4. The van der Waals surface area contributed by atoms with Crippen LogP contribution in [0.1, 0.15) is 6.92 Å². The standard InChI is InChI=1S/C7H10N4O2S/c1-3(6(12)13)14-7-10-4(8)2-5(9)11-7/h2-3H,1H3,(H,12,13)(H4,8,9,10,11)/p-1/t3-/m1/s1. The third kappa shape index (κ3) is 2.77. The zero-order valence-corrected chi connectivity index (χ0v) is 8.25. The lowest BCUT2D eigenvalue weighted by Crippen LogP contribution is -2.31. The van der Waals surface area contributed by atoms with Crippen molar-refractivity contribution >= 4 is 29.4 Å². The number of carbonyl (C=O) groups is 1. The molecule has 0 spiro atoms. The monoisotopic (exact) mass is 213 g/mol. The number of carboxylic acid groups (broad SMARTS) is 1. The number of rotatable bonds is 3. The molecule has 0 amide bonds. The summed E-state index contributed by atoms with van der Waals surface area (Å²) in [6.07, 6.45) is 0. The Balaban J connectivity index is 2.81. The molecule has 0 aromatic carbocycles. The Morgan fingerprint density at radius 1 is 1.50 bits per heavy atom. The maximum absolute atomic E-state index is 10.4. The van der Waals surface area contributed by atoms with E-state index in [1.54, 1.807) is 0 Å². The van der Waals surface area contributed by atoms with Gasteiger partial charge in [0.25, 0.3) is 0 Å². The number of aliphatic carboxylic acids is 1. The van der Waals surface area contributed by atoms with E-state index in [0.29, 0.717) is 0 Å². The van der Waals surface area contributed by atoms with Crippen LogP contribution in [0.4, 0.5) is 11.6 Å². The van der Waals surface area contributed by atoms with Gasteiger partial charge in [-0.15, -0.1) is 0 Å². The minimum atomic E-state index is -1.18. The number of nitrogens with zero attached hydrogens (tertiary/aromatic N) is 2. The van der Waals surface area contributed by atoms with Gasteiger partial charge in [-0.25, -0.2) is 9.97 Å². The highest BCUT2D eigenvalue weighted by Gasteiger charge is 2.08. The molecule has 1 rings (SSSR count). The molecule has 1 aromatic rings. The van der Waals surface area contributed by atoms with Crippen molar-refractivity contribution in [2.45, 2.75) is 17.3 Å². The second-order valence-corrected chi connectivity index (χ2v) is 3.89. The fourth-order valence-electron chi connectivity index (χ4n) is 0.721. The molecule has 4 N–H and O–H groups in total. The number of carboxylic acids is 1. The number of hydrogen-bond donors (Lipinski definition) is 2. The van der Waals surface area contributed by atoms with Gasteiger partial charge in [0.2, 0.25) is 0 Å². The van der Waals surface area contributed by atoms with Crippen LogP contribution in [-0.2, 0) is 4.79 Å². The van der Waals surface area contributed by atoms with Crippen LogP contribution in [0.15, 0.2) is 11.2 Å². The molecule has 0 saturated carbocycles. The van der Waals surface area contributed by atoms with Crippen LogP contribution in [0.5, 0.6) is 0 Å². The molecular formula is C7H9N4O2S-. The number of carbonyl (C=O) groups excluding carboxylic acids is 1. The summed E-state index contributed by atoms with van der Waals surface area (Å²) in [4.78, 5) is 18.1. The van der Waals surface area contributed by atoms with Gasteiger partial charge in [-0.1, -0.05) is 11.8 Å². The van der Waals surface area contributed by atoms with Crippen molar-refractivity contribution in [3.8, 4) is 0 Å². The largest absolute Gasteiger partial charge is 0.549 e. The number of hydrogen-bond acceptors (Lipinski definition) is 7. The van der Waals surface area contributed by atoms with Gasteiger partial charge in [-0.3, -0.25) is 0 Å². The van der Waals surface area contributed by atoms with E-state index in [0.717, 1.165) is 11.8 Å². The van der Waals surface area contributed by atoms with Crippen molar-refractivity contribution in [2.24, 2.45) is 0 Å². The third-order valence-electron chi connectivity index (χ3n) is 1.36. The van der Waals surface area contributed by atoms with Gasteiger partial charge in [0.05, 0.1) is 5.97 Å². The zero-order valence-electron chi connectivity index (χ0n) is 7.43. The molecular weight excluding hydrogens is 204 g/mol. The molecule has 6 nitrogen and oxygen atoms in total.